The Morgan fingerprint density at radius 1 is 1.44 bits per heavy atom. The summed E-state index contributed by atoms with van der Waals surface area (Å²) in [6, 6.07) is 0. The number of rotatable bonds is 3. The molecule has 1 fully saturated rings. The number of carbonyl (C=O) groups is 1. The molecule has 1 aromatic heterocycles. The number of hydrogen-bond acceptors (Lipinski definition) is 5. The highest BCUT2D eigenvalue weighted by atomic mass is 79.9. The van der Waals surface area contributed by atoms with Crippen molar-refractivity contribution in [1.82, 2.24) is 19.4 Å². The molecule has 0 spiro atoms. The third-order valence-corrected chi connectivity index (χ3v) is 3.50. The largest absolute Gasteiger partial charge is 0.335 e. The summed E-state index contributed by atoms with van der Waals surface area (Å²) >= 11 is 4.64. The number of nitrogens with zero attached hydrogens (tertiary/aromatic N) is 4. The minimum atomic E-state index is 0.00671. The normalized spacial score (nSPS) is 17.7. The van der Waals surface area contributed by atoms with Crippen LogP contribution in [-0.2, 0) is 0 Å². The van der Waals surface area contributed by atoms with Crippen LogP contribution in [0.1, 0.15) is 10.5 Å². The molecule has 2 heterocycles. The summed E-state index contributed by atoms with van der Waals surface area (Å²) in [4.78, 5) is 16.1. The quantitative estimate of drug-likeness (QED) is 0.771. The summed E-state index contributed by atoms with van der Waals surface area (Å²) in [6.07, 6.45) is 0. The summed E-state index contributed by atoms with van der Waals surface area (Å²) in [7, 11) is 0. The monoisotopic (exact) mass is 304 g/mol. The van der Waals surface area contributed by atoms with Crippen LogP contribution in [0.3, 0.4) is 0 Å². The van der Waals surface area contributed by atoms with Crippen LogP contribution in [-0.4, -0.2) is 63.3 Å². The summed E-state index contributed by atoms with van der Waals surface area (Å²) < 4.78 is 3.71. The van der Waals surface area contributed by atoms with E-state index in [2.05, 4.69) is 30.4 Å². The molecule has 7 heteroatoms. The summed E-state index contributed by atoms with van der Waals surface area (Å²) in [5.74, 6) is 0.00671. The maximum absolute atomic E-state index is 11.9. The second kappa shape index (κ2) is 5.70. The second-order valence-electron chi connectivity index (χ2n) is 3.61. The van der Waals surface area contributed by atoms with Crippen LogP contribution in [0.5, 0.6) is 0 Å². The van der Waals surface area contributed by atoms with Crippen molar-refractivity contribution in [3.8, 4) is 0 Å². The highest BCUT2D eigenvalue weighted by molar-refractivity contribution is 9.09. The maximum atomic E-state index is 11.9. The van der Waals surface area contributed by atoms with Gasteiger partial charge in [0.25, 0.3) is 5.91 Å². The van der Waals surface area contributed by atoms with Gasteiger partial charge in [0.05, 0.1) is 0 Å². The van der Waals surface area contributed by atoms with Gasteiger partial charge in [0, 0.05) is 43.4 Å². The first kappa shape index (κ1) is 11.9. The molecule has 1 aliphatic heterocycles. The topological polar surface area (TPSA) is 49.3 Å². The Bertz CT molecular complexity index is 337. The van der Waals surface area contributed by atoms with Gasteiger partial charge in [-0.3, -0.25) is 9.69 Å². The van der Waals surface area contributed by atoms with E-state index in [0.29, 0.717) is 5.69 Å². The maximum Gasteiger partial charge on any atom is 0.275 e. The number of halogens is 1. The van der Waals surface area contributed by atoms with E-state index in [1.165, 1.54) is 11.5 Å². The first-order valence-corrected chi connectivity index (χ1v) is 7.11. The Balaban J connectivity index is 1.87. The van der Waals surface area contributed by atoms with Crippen LogP contribution in [0.4, 0.5) is 0 Å². The number of hydrogen-bond donors (Lipinski definition) is 0. The Hall–Kier alpha value is -0.530. The first-order chi connectivity index (χ1) is 7.81. The van der Waals surface area contributed by atoms with Crippen molar-refractivity contribution in [2.24, 2.45) is 0 Å². The van der Waals surface area contributed by atoms with Crippen LogP contribution >= 0.6 is 27.5 Å². The van der Waals surface area contributed by atoms with Gasteiger partial charge in [-0.05, 0) is 11.5 Å². The van der Waals surface area contributed by atoms with Crippen molar-refractivity contribution in [2.75, 3.05) is 38.1 Å². The summed E-state index contributed by atoms with van der Waals surface area (Å²) in [5, 5.41) is 6.49. The summed E-state index contributed by atoms with van der Waals surface area (Å²) in [5.41, 5.74) is 0.471. The van der Waals surface area contributed by atoms with E-state index in [-0.39, 0.29) is 5.91 Å². The van der Waals surface area contributed by atoms with E-state index in [0.717, 1.165) is 38.1 Å². The molecule has 2 rings (SSSR count). The van der Waals surface area contributed by atoms with Crippen LogP contribution in [0, 0.1) is 0 Å². The van der Waals surface area contributed by atoms with Crippen molar-refractivity contribution >= 4 is 33.4 Å². The molecule has 0 bridgehead atoms. The van der Waals surface area contributed by atoms with Crippen molar-refractivity contribution in [2.45, 2.75) is 0 Å². The van der Waals surface area contributed by atoms with E-state index in [9.17, 15) is 4.79 Å². The molecule has 0 saturated carbocycles. The molecule has 0 N–H and O–H groups in total. The number of amides is 1. The summed E-state index contributed by atoms with van der Waals surface area (Å²) in [6.45, 7) is 4.48. The van der Waals surface area contributed by atoms with Gasteiger partial charge in [0.15, 0.2) is 5.69 Å². The van der Waals surface area contributed by atoms with Crippen molar-refractivity contribution in [1.29, 1.82) is 0 Å². The lowest BCUT2D eigenvalue weighted by Crippen LogP contribution is -2.49. The first-order valence-electron chi connectivity index (χ1n) is 5.16. The lowest BCUT2D eigenvalue weighted by molar-refractivity contribution is 0.0639. The van der Waals surface area contributed by atoms with Gasteiger partial charge < -0.3 is 4.90 Å². The molecule has 1 amide bonds. The van der Waals surface area contributed by atoms with Crippen LogP contribution in [0.15, 0.2) is 5.38 Å². The average molecular weight is 305 g/mol. The van der Waals surface area contributed by atoms with Gasteiger partial charge in [-0.2, -0.15) is 0 Å². The van der Waals surface area contributed by atoms with Crippen molar-refractivity contribution in [3.63, 3.8) is 0 Å². The van der Waals surface area contributed by atoms with Crippen LogP contribution < -0.4 is 0 Å². The zero-order chi connectivity index (χ0) is 11.4. The molecule has 1 saturated heterocycles. The third-order valence-electron chi connectivity index (χ3n) is 2.64. The molecule has 1 aliphatic rings. The molecule has 0 atom stereocenters. The molecule has 88 valence electrons. The Labute approximate surface area is 107 Å². The molecular formula is C9H13BrN4OS. The lowest BCUT2D eigenvalue weighted by atomic mass is 10.3. The van der Waals surface area contributed by atoms with Crippen molar-refractivity contribution in [3.05, 3.63) is 11.1 Å². The SMILES string of the molecule is O=C(c1csnn1)N1CCN(CCBr)CC1. The minimum absolute atomic E-state index is 0.00671. The Morgan fingerprint density at radius 2 is 2.19 bits per heavy atom. The van der Waals surface area contributed by atoms with E-state index in [4.69, 9.17) is 0 Å². The smallest absolute Gasteiger partial charge is 0.275 e. The van der Waals surface area contributed by atoms with E-state index >= 15 is 0 Å². The van der Waals surface area contributed by atoms with Gasteiger partial charge in [0.1, 0.15) is 0 Å². The van der Waals surface area contributed by atoms with Gasteiger partial charge in [-0.15, -0.1) is 5.10 Å². The second-order valence-corrected chi connectivity index (χ2v) is 5.02. The van der Waals surface area contributed by atoms with E-state index in [1.54, 1.807) is 5.38 Å². The Kier molecular flexibility index (Phi) is 4.25. The molecule has 0 radical (unpaired) electrons. The van der Waals surface area contributed by atoms with Gasteiger partial charge >= 0.3 is 0 Å². The number of alkyl halides is 1. The third kappa shape index (κ3) is 2.78. The molecular weight excluding hydrogens is 292 g/mol. The van der Waals surface area contributed by atoms with Crippen LogP contribution in [0.2, 0.25) is 0 Å². The number of piperazine rings is 1. The zero-order valence-electron chi connectivity index (χ0n) is 8.80. The van der Waals surface area contributed by atoms with Crippen molar-refractivity contribution < 1.29 is 4.79 Å². The average Bonchev–Trinajstić information content (AvgIpc) is 2.83. The fourth-order valence-corrected chi connectivity index (χ4v) is 2.65. The molecule has 0 unspecified atom stereocenters. The molecule has 1 aromatic rings. The predicted molar refractivity (Wildman–Crippen MR) is 66.0 cm³/mol. The highest BCUT2D eigenvalue weighted by Crippen LogP contribution is 2.07. The van der Waals surface area contributed by atoms with Crippen LogP contribution in [0.25, 0.3) is 0 Å². The zero-order valence-corrected chi connectivity index (χ0v) is 11.2. The lowest BCUT2D eigenvalue weighted by Gasteiger charge is -2.33. The van der Waals surface area contributed by atoms with E-state index in [1.807, 2.05) is 4.90 Å². The minimum Gasteiger partial charge on any atom is -0.335 e. The molecule has 5 nitrogen and oxygen atoms in total. The highest BCUT2D eigenvalue weighted by Gasteiger charge is 2.22. The van der Waals surface area contributed by atoms with E-state index < -0.39 is 0 Å². The predicted octanol–water partition coefficient (Wildman–Crippen LogP) is 0.691. The number of carbonyl (C=O) groups excluding carboxylic acids is 1. The van der Waals surface area contributed by atoms with Gasteiger partial charge in [-0.1, -0.05) is 20.4 Å². The molecule has 0 aliphatic carbocycles. The van der Waals surface area contributed by atoms with Gasteiger partial charge in [-0.25, -0.2) is 0 Å². The standard InChI is InChI=1S/C9H13BrN4OS/c10-1-2-13-3-5-14(6-4-13)9(15)8-7-16-12-11-8/h7H,1-6H2. The fourth-order valence-electron chi connectivity index (χ4n) is 1.71. The Morgan fingerprint density at radius 3 is 2.75 bits per heavy atom. The van der Waals surface area contributed by atoms with Gasteiger partial charge in [0.2, 0.25) is 0 Å². The molecule has 0 aromatic carbocycles. The molecule has 16 heavy (non-hydrogen) atoms. The fraction of sp³-hybridized carbons (Fsp3) is 0.667. The number of aromatic nitrogens is 2.